The molecule has 2 atom stereocenters. The smallest absolute Gasteiger partial charge is 0.410 e. The van der Waals surface area contributed by atoms with Crippen LogP contribution in [0.5, 0.6) is 0 Å². The van der Waals surface area contributed by atoms with Crippen LogP contribution in [0.2, 0.25) is 10.0 Å². The number of hydrogen-bond acceptors (Lipinski definition) is 3. The molecule has 0 saturated carbocycles. The van der Waals surface area contributed by atoms with Crippen LogP contribution in [0, 0.1) is 0 Å². The lowest BCUT2D eigenvalue weighted by Gasteiger charge is -2.37. The lowest BCUT2D eigenvalue weighted by atomic mass is 9.75. The Labute approximate surface area is 193 Å². The van der Waals surface area contributed by atoms with Crippen molar-refractivity contribution in [2.24, 2.45) is 0 Å². The van der Waals surface area contributed by atoms with Gasteiger partial charge >= 0.3 is 6.09 Å². The average Bonchev–Trinajstić information content (AvgIpc) is 2.72. The maximum Gasteiger partial charge on any atom is 0.410 e. The zero-order valence-electron chi connectivity index (χ0n) is 18.5. The molecule has 1 N–H and O–H groups in total. The monoisotopic (exact) mass is 462 g/mol. The van der Waals surface area contributed by atoms with Gasteiger partial charge in [-0.2, -0.15) is 0 Å². The Morgan fingerprint density at radius 2 is 1.74 bits per heavy atom. The molecule has 1 aliphatic rings. The predicted molar refractivity (Wildman–Crippen MR) is 124 cm³/mol. The van der Waals surface area contributed by atoms with Gasteiger partial charge in [0.05, 0.1) is 16.1 Å². The summed E-state index contributed by atoms with van der Waals surface area (Å²) in [5, 5.41) is 3.67. The van der Waals surface area contributed by atoms with Gasteiger partial charge in [-0.1, -0.05) is 35.3 Å². The lowest BCUT2D eigenvalue weighted by Crippen LogP contribution is -2.38. The number of halogens is 2. The van der Waals surface area contributed by atoms with Crippen molar-refractivity contribution in [1.82, 2.24) is 10.2 Å². The summed E-state index contributed by atoms with van der Waals surface area (Å²) in [5.74, 6) is -0.115. The van der Waals surface area contributed by atoms with Gasteiger partial charge in [0.15, 0.2) is 0 Å². The normalized spacial score (nSPS) is 18.2. The fraction of sp³-hybridized carbons (Fsp3) is 0.417. The van der Waals surface area contributed by atoms with Crippen molar-refractivity contribution in [3.05, 3.63) is 68.7 Å². The van der Waals surface area contributed by atoms with Gasteiger partial charge in [0.1, 0.15) is 5.60 Å². The predicted octanol–water partition coefficient (Wildman–Crippen LogP) is 6.19. The van der Waals surface area contributed by atoms with Gasteiger partial charge in [0, 0.05) is 25.6 Å². The number of rotatable bonds is 3. The minimum atomic E-state index is -0.575. The van der Waals surface area contributed by atoms with Gasteiger partial charge in [-0.3, -0.25) is 4.79 Å². The van der Waals surface area contributed by atoms with Crippen molar-refractivity contribution in [2.75, 3.05) is 14.1 Å². The first-order valence-corrected chi connectivity index (χ1v) is 11.0. The maximum atomic E-state index is 12.7. The Bertz CT molecular complexity index is 1000. The number of benzene rings is 2. The summed E-state index contributed by atoms with van der Waals surface area (Å²) in [6.45, 7) is 5.55. The molecule has 0 saturated heterocycles. The van der Waals surface area contributed by atoms with E-state index in [0.717, 1.165) is 29.5 Å². The molecule has 5 nitrogen and oxygen atoms in total. The van der Waals surface area contributed by atoms with Gasteiger partial charge < -0.3 is 15.0 Å². The zero-order valence-corrected chi connectivity index (χ0v) is 20.0. The van der Waals surface area contributed by atoms with Gasteiger partial charge in [-0.15, -0.1) is 0 Å². The zero-order chi connectivity index (χ0) is 22.9. The summed E-state index contributed by atoms with van der Waals surface area (Å²) in [6, 6.07) is 11.1. The highest BCUT2D eigenvalue weighted by Gasteiger charge is 2.34. The van der Waals surface area contributed by atoms with E-state index in [1.165, 1.54) is 0 Å². The van der Waals surface area contributed by atoms with Crippen LogP contribution in [0.1, 0.15) is 72.6 Å². The second-order valence-electron chi connectivity index (χ2n) is 8.83. The summed E-state index contributed by atoms with van der Waals surface area (Å²) < 4.78 is 5.58. The molecule has 0 aromatic heterocycles. The number of carbonyl (C=O) groups excluding carboxylic acids is 2. The summed E-state index contributed by atoms with van der Waals surface area (Å²) in [4.78, 5) is 26.7. The van der Waals surface area contributed by atoms with Crippen LogP contribution in [-0.4, -0.2) is 36.6 Å². The van der Waals surface area contributed by atoms with Crippen molar-refractivity contribution >= 4 is 35.2 Å². The van der Waals surface area contributed by atoms with E-state index in [-0.39, 0.29) is 24.0 Å². The molecule has 0 aliphatic heterocycles. The van der Waals surface area contributed by atoms with E-state index >= 15 is 0 Å². The van der Waals surface area contributed by atoms with Crippen LogP contribution >= 0.6 is 23.2 Å². The first-order chi connectivity index (χ1) is 14.5. The van der Waals surface area contributed by atoms with Crippen LogP contribution in [0.3, 0.4) is 0 Å². The Kier molecular flexibility index (Phi) is 6.87. The number of hydrogen-bond donors (Lipinski definition) is 1. The minimum Gasteiger partial charge on any atom is -0.444 e. The number of carbonyl (C=O) groups is 2. The highest BCUT2D eigenvalue weighted by atomic mass is 35.5. The third-order valence-corrected chi connectivity index (χ3v) is 6.27. The quantitative estimate of drug-likeness (QED) is 0.591. The average molecular weight is 463 g/mol. The molecule has 0 heterocycles. The molecule has 0 bridgehead atoms. The second-order valence-corrected chi connectivity index (χ2v) is 9.65. The van der Waals surface area contributed by atoms with E-state index in [1.54, 1.807) is 31.1 Å². The number of amides is 2. The Morgan fingerprint density at radius 3 is 2.35 bits per heavy atom. The standard InChI is InChI=1S/C24H28Cl2N2O3/c1-24(2,3)31-23(30)28(5)21-11-9-16(14-7-10-19(25)20(26)13-14)18-12-15(22(29)27-4)6-8-17(18)21/h6-8,10,12-13,16,21H,9,11H2,1-5H3,(H,27,29)/t16-,21-/m0/s1. The molecular formula is C24H28Cl2N2O3. The van der Waals surface area contributed by atoms with E-state index in [2.05, 4.69) is 5.32 Å². The molecule has 2 amide bonds. The molecule has 2 aromatic rings. The van der Waals surface area contributed by atoms with Crippen molar-refractivity contribution < 1.29 is 14.3 Å². The fourth-order valence-corrected chi connectivity index (χ4v) is 4.35. The first-order valence-electron chi connectivity index (χ1n) is 10.3. The van der Waals surface area contributed by atoms with Gasteiger partial charge in [-0.05, 0) is 74.6 Å². The maximum absolute atomic E-state index is 12.7. The molecule has 0 spiro atoms. The third kappa shape index (κ3) is 5.16. The van der Waals surface area contributed by atoms with Crippen LogP contribution < -0.4 is 5.32 Å². The molecule has 166 valence electrons. The molecule has 0 unspecified atom stereocenters. The Morgan fingerprint density at radius 1 is 1.03 bits per heavy atom. The van der Waals surface area contributed by atoms with Crippen LogP contribution in [0.4, 0.5) is 4.79 Å². The van der Waals surface area contributed by atoms with E-state index in [1.807, 2.05) is 45.0 Å². The van der Waals surface area contributed by atoms with Gasteiger partial charge in [-0.25, -0.2) is 4.79 Å². The first kappa shape index (κ1) is 23.4. The van der Waals surface area contributed by atoms with E-state index in [4.69, 9.17) is 27.9 Å². The minimum absolute atomic E-state index is 0.0395. The van der Waals surface area contributed by atoms with Crippen molar-refractivity contribution in [3.8, 4) is 0 Å². The molecule has 2 aromatic carbocycles. The van der Waals surface area contributed by atoms with Crippen molar-refractivity contribution in [2.45, 2.75) is 51.2 Å². The van der Waals surface area contributed by atoms with E-state index in [9.17, 15) is 9.59 Å². The summed E-state index contributed by atoms with van der Waals surface area (Å²) in [7, 11) is 3.37. The fourth-order valence-electron chi connectivity index (χ4n) is 4.04. The Hall–Kier alpha value is -2.24. The molecule has 0 radical (unpaired) electrons. The molecule has 1 aliphatic carbocycles. The number of fused-ring (bicyclic) bond motifs is 1. The molecule has 0 fully saturated rings. The molecule has 7 heteroatoms. The highest BCUT2D eigenvalue weighted by molar-refractivity contribution is 6.42. The molecule has 3 rings (SSSR count). The molecular weight excluding hydrogens is 435 g/mol. The van der Waals surface area contributed by atoms with E-state index in [0.29, 0.717) is 15.6 Å². The van der Waals surface area contributed by atoms with Crippen molar-refractivity contribution in [3.63, 3.8) is 0 Å². The number of nitrogens with one attached hydrogen (secondary N) is 1. The van der Waals surface area contributed by atoms with Crippen LogP contribution in [-0.2, 0) is 4.74 Å². The summed E-state index contributed by atoms with van der Waals surface area (Å²) in [5.41, 5.74) is 3.04. The SMILES string of the molecule is CNC(=O)c1ccc2c(c1)[C@H](c1ccc(Cl)c(Cl)c1)CC[C@@H]2N(C)C(=O)OC(C)(C)C. The summed E-state index contributed by atoms with van der Waals surface area (Å²) in [6.07, 6.45) is 1.18. The van der Waals surface area contributed by atoms with Crippen LogP contribution in [0.25, 0.3) is 0 Å². The number of nitrogens with zero attached hydrogens (tertiary/aromatic N) is 1. The van der Waals surface area contributed by atoms with Crippen molar-refractivity contribution in [1.29, 1.82) is 0 Å². The van der Waals surface area contributed by atoms with E-state index < -0.39 is 5.60 Å². The van der Waals surface area contributed by atoms with Gasteiger partial charge in [0.25, 0.3) is 5.91 Å². The number of ether oxygens (including phenoxy) is 1. The molecule has 31 heavy (non-hydrogen) atoms. The van der Waals surface area contributed by atoms with Crippen LogP contribution in [0.15, 0.2) is 36.4 Å². The lowest BCUT2D eigenvalue weighted by molar-refractivity contribution is 0.0202. The summed E-state index contributed by atoms with van der Waals surface area (Å²) >= 11 is 12.4. The Balaban J connectivity index is 2.04. The largest absolute Gasteiger partial charge is 0.444 e. The third-order valence-electron chi connectivity index (χ3n) is 5.53. The topological polar surface area (TPSA) is 58.6 Å². The van der Waals surface area contributed by atoms with Gasteiger partial charge in [0.2, 0.25) is 0 Å². The second kappa shape index (κ2) is 9.09. The highest BCUT2D eigenvalue weighted by Crippen LogP contribution is 2.44.